The third kappa shape index (κ3) is 55.3. The second kappa shape index (κ2) is 50.8. The van der Waals surface area contributed by atoms with E-state index in [2.05, 4.69) is 62.5 Å². The van der Waals surface area contributed by atoms with Crippen molar-refractivity contribution in [3.63, 3.8) is 0 Å². The van der Waals surface area contributed by atoms with Crippen LogP contribution in [0.3, 0.4) is 0 Å². The highest BCUT2D eigenvalue weighted by molar-refractivity contribution is 7.47. The molecule has 0 aromatic rings. The molecule has 394 valence electrons. The number of carbonyl (C=O) groups is 1. The minimum absolute atomic E-state index is 0.0856. The molecule has 0 rings (SSSR count). The van der Waals surface area contributed by atoms with Gasteiger partial charge in [-0.1, -0.05) is 249 Å². The van der Waals surface area contributed by atoms with E-state index in [0.29, 0.717) is 24.1 Å². The van der Waals surface area contributed by atoms with E-state index in [9.17, 15) is 14.3 Å². The first kappa shape index (κ1) is 65.5. The number of nitrogens with zero attached hydrogens (tertiary/aromatic N) is 1. The summed E-state index contributed by atoms with van der Waals surface area (Å²) in [7, 11) is 1.66. The van der Waals surface area contributed by atoms with E-state index in [0.717, 1.165) is 70.6 Å². The topological polar surface area (TPSA) is 91.3 Å². The zero-order valence-corrected chi connectivity index (χ0v) is 45.8. The second-order valence-electron chi connectivity index (χ2n) is 20.3. The van der Waals surface area contributed by atoms with Gasteiger partial charge in [0.15, 0.2) is 0 Å². The van der Waals surface area contributed by atoms with Gasteiger partial charge >= 0.3 is 13.8 Å². The molecule has 0 aromatic heterocycles. The van der Waals surface area contributed by atoms with Gasteiger partial charge in [-0.2, -0.15) is 0 Å². The second-order valence-corrected chi connectivity index (χ2v) is 21.8. The highest BCUT2D eigenvalue weighted by Crippen LogP contribution is 2.43. The van der Waals surface area contributed by atoms with Crippen molar-refractivity contribution in [1.29, 1.82) is 0 Å². The van der Waals surface area contributed by atoms with Gasteiger partial charge in [0, 0.05) is 13.0 Å². The Morgan fingerprint density at radius 2 is 0.866 bits per heavy atom. The maximum Gasteiger partial charge on any atom is 0.472 e. The largest absolute Gasteiger partial charge is 0.472 e. The lowest BCUT2D eigenvalue weighted by molar-refractivity contribution is -0.870. The van der Waals surface area contributed by atoms with Gasteiger partial charge in [0.2, 0.25) is 0 Å². The Hall–Kier alpha value is -1.54. The molecule has 0 heterocycles. The minimum Gasteiger partial charge on any atom is -0.457 e. The van der Waals surface area contributed by atoms with Crippen LogP contribution >= 0.6 is 7.82 Å². The van der Waals surface area contributed by atoms with Crippen LogP contribution in [0.1, 0.15) is 258 Å². The summed E-state index contributed by atoms with van der Waals surface area (Å²) in [4.78, 5) is 23.0. The molecule has 2 atom stereocenters. The number of allylic oxidation sites excluding steroid dienone is 8. The first-order valence-electron chi connectivity index (χ1n) is 28.4. The summed E-state index contributed by atoms with van der Waals surface area (Å²) in [5, 5.41) is 0. The Bertz CT molecular complexity index is 1210. The lowest BCUT2D eigenvalue weighted by Gasteiger charge is -2.24. The average molecular weight is 965 g/mol. The Morgan fingerprint density at radius 3 is 1.30 bits per heavy atom. The monoisotopic (exact) mass is 965 g/mol. The number of likely N-dealkylation sites (N-methyl/N-ethyl adjacent to an activating group) is 1. The van der Waals surface area contributed by atoms with Crippen LogP contribution in [0.2, 0.25) is 0 Å². The first-order valence-corrected chi connectivity index (χ1v) is 29.9. The van der Waals surface area contributed by atoms with Crippen molar-refractivity contribution in [3.8, 4) is 0 Å². The zero-order valence-electron chi connectivity index (χ0n) is 44.9. The Labute approximate surface area is 416 Å². The van der Waals surface area contributed by atoms with Crippen LogP contribution in [-0.4, -0.2) is 75.6 Å². The van der Waals surface area contributed by atoms with Crippen molar-refractivity contribution < 1.29 is 37.3 Å². The Kier molecular flexibility index (Phi) is 49.7. The molecule has 67 heavy (non-hydrogen) atoms. The van der Waals surface area contributed by atoms with Crippen molar-refractivity contribution >= 4 is 13.8 Å². The van der Waals surface area contributed by atoms with E-state index in [1.165, 1.54) is 167 Å². The molecule has 0 aliphatic carbocycles. The lowest BCUT2D eigenvalue weighted by atomic mass is 10.0. The molecule has 0 radical (unpaired) electrons. The SMILES string of the molecule is CC/C=C\C/C=C\C/C=C\C/C=C\CCCCCCCCC(=O)OC(COCCCCCCCCCCCCCCCCCCCCCCCCCCCC)COP(=O)(O)OCC[N+](C)(C)C. The molecular formula is C58H111NO7P+. The molecule has 0 saturated heterocycles. The smallest absolute Gasteiger partial charge is 0.457 e. The summed E-state index contributed by atoms with van der Waals surface area (Å²) in [6, 6.07) is 0. The lowest BCUT2D eigenvalue weighted by Crippen LogP contribution is -2.37. The molecule has 9 heteroatoms. The number of ether oxygens (including phenoxy) is 2. The molecule has 0 fully saturated rings. The van der Waals surface area contributed by atoms with Gasteiger partial charge in [-0.3, -0.25) is 13.8 Å². The molecule has 2 unspecified atom stereocenters. The normalized spacial score (nSPS) is 13.8. The number of quaternary nitrogens is 1. The molecule has 0 aliphatic rings. The molecule has 8 nitrogen and oxygen atoms in total. The standard InChI is InChI=1S/C58H110NO7P/c1-6-8-10-12-14-16-18-20-22-24-26-27-28-29-30-31-32-34-36-38-40-42-44-46-48-50-53-63-55-57(56-65-67(61,62)64-54-52-59(3,4)5)66-58(60)51-49-47-45-43-41-39-37-35-33-25-23-21-19-17-15-13-11-9-7-2/h9,11,15,17,21,23,33,35,57H,6-8,10,12-14,16,18-20,22,24-32,34,36-56H2,1-5H3/p+1/b11-9-,17-15-,23-21-,35-33-. The van der Waals surface area contributed by atoms with Crippen LogP contribution in [0.5, 0.6) is 0 Å². The van der Waals surface area contributed by atoms with Crippen LogP contribution in [-0.2, 0) is 27.9 Å². The number of hydrogen-bond donors (Lipinski definition) is 1. The number of unbranched alkanes of at least 4 members (excludes halogenated alkanes) is 31. The van der Waals surface area contributed by atoms with Gasteiger partial charge in [-0.05, 0) is 51.4 Å². The van der Waals surface area contributed by atoms with Gasteiger partial charge in [0.05, 0.1) is 34.4 Å². The average Bonchev–Trinajstić information content (AvgIpc) is 3.29. The number of phosphoric acid groups is 1. The van der Waals surface area contributed by atoms with Crippen LogP contribution in [0, 0.1) is 0 Å². The quantitative estimate of drug-likeness (QED) is 0.0213. The van der Waals surface area contributed by atoms with Crippen molar-refractivity contribution in [2.24, 2.45) is 0 Å². The van der Waals surface area contributed by atoms with E-state index in [4.69, 9.17) is 18.5 Å². The third-order valence-electron chi connectivity index (χ3n) is 12.4. The number of esters is 1. The molecule has 0 aliphatic heterocycles. The van der Waals surface area contributed by atoms with Crippen molar-refractivity contribution in [3.05, 3.63) is 48.6 Å². The van der Waals surface area contributed by atoms with E-state index in [1.807, 2.05) is 21.1 Å². The summed E-state index contributed by atoms with van der Waals surface area (Å²) in [6.07, 6.45) is 64.7. The molecule has 1 N–H and O–H groups in total. The summed E-state index contributed by atoms with van der Waals surface area (Å²) < 4.78 is 35.2. The van der Waals surface area contributed by atoms with E-state index < -0.39 is 13.9 Å². The van der Waals surface area contributed by atoms with E-state index >= 15 is 0 Å². The Balaban J connectivity index is 4.05. The fourth-order valence-corrected chi connectivity index (χ4v) is 8.82. The number of carbonyl (C=O) groups excluding carboxylic acids is 1. The Morgan fingerprint density at radius 1 is 0.478 bits per heavy atom. The highest BCUT2D eigenvalue weighted by Gasteiger charge is 2.26. The number of rotatable bonds is 53. The van der Waals surface area contributed by atoms with Crippen LogP contribution < -0.4 is 0 Å². The molecule has 0 aromatic carbocycles. The molecule has 0 saturated carbocycles. The van der Waals surface area contributed by atoms with Gasteiger partial charge in [-0.25, -0.2) is 4.57 Å². The zero-order chi connectivity index (χ0) is 49.0. The molecule has 0 amide bonds. The molecule has 0 spiro atoms. The summed E-state index contributed by atoms with van der Waals surface area (Å²) in [6.45, 7) is 5.54. The minimum atomic E-state index is -4.29. The number of hydrogen-bond acceptors (Lipinski definition) is 6. The van der Waals surface area contributed by atoms with Crippen molar-refractivity contribution in [2.75, 3.05) is 54.1 Å². The maximum absolute atomic E-state index is 12.8. The van der Waals surface area contributed by atoms with E-state index in [1.54, 1.807) is 0 Å². The highest BCUT2D eigenvalue weighted by atomic mass is 31.2. The van der Waals surface area contributed by atoms with Crippen LogP contribution in [0.25, 0.3) is 0 Å². The number of phosphoric ester groups is 1. The van der Waals surface area contributed by atoms with Gasteiger partial charge in [0.1, 0.15) is 19.3 Å². The molecular weight excluding hydrogens is 854 g/mol. The third-order valence-corrected chi connectivity index (χ3v) is 13.4. The summed E-state index contributed by atoms with van der Waals surface area (Å²) >= 11 is 0. The fraction of sp³-hybridized carbons (Fsp3) is 0.845. The molecule has 0 bridgehead atoms. The van der Waals surface area contributed by atoms with E-state index in [-0.39, 0.29) is 25.8 Å². The van der Waals surface area contributed by atoms with Crippen molar-refractivity contribution in [2.45, 2.75) is 264 Å². The fourth-order valence-electron chi connectivity index (χ4n) is 8.08. The summed E-state index contributed by atoms with van der Waals surface area (Å²) in [5.41, 5.74) is 0. The van der Waals surface area contributed by atoms with Gasteiger partial charge < -0.3 is 18.9 Å². The van der Waals surface area contributed by atoms with Gasteiger partial charge in [0.25, 0.3) is 0 Å². The first-order chi connectivity index (χ1) is 32.6. The van der Waals surface area contributed by atoms with Crippen molar-refractivity contribution in [1.82, 2.24) is 0 Å². The van der Waals surface area contributed by atoms with Crippen LogP contribution in [0.15, 0.2) is 48.6 Å². The predicted molar refractivity (Wildman–Crippen MR) is 289 cm³/mol. The van der Waals surface area contributed by atoms with Crippen LogP contribution in [0.4, 0.5) is 0 Å². The maximum atomic E-state index is 12.8. The predicted octanol–water partition coefficient (Wildman–Crippen LogP) is 17.8. The summed E-state index contributed by atoms with van der Waals surface area (Å²) in [5.74, 6) is -0.324. The van der Waals surface area contributed by atoms with Gasteiger partial charge in [-0.15, -0.1) is 0 Å².